The van der Waals surface area contributed by atoms with Crippen molar-refractivity contribution in [3.05, 3.63) is 12.0 Å². The molecule has 0 spiro atoms. The number of hydrogen-bond acceptors (Lipinski definition) is 5. The van der Waals surface area contributed by atoms with Gasteiger partial charge in [0.05, 0.1) is 6.61 Å². The molecule has 1 rings (SSSR count). The van der Waals surface area contributed by atoms with Gasteiger partial charge in [-0.3, -0.25) is 0 Å². The van der Waals surface area contributed by atoms with Gasteiger partial charge in [-0.05, 0) is 33.5 Å². The number of nitrogens with zero attached hydrogens (tertiary/aromatic N) is 1. The monoisotopic (exact) mass is 299 g/mol. The quantitative estimate of drug-likeness (QED) is 0.676. The van der Waals surface area contributed by atoms with Crippen molar-refractivity contribution in [1.82, 2.24) is 0 Å². The molecule has 0 fully saturated rings. The third-order valence-corrected chi connectivity index (χ3v) is 3.76. The van der Waals surface area contributed by atoms with Gasteiger partial charge in [-0.1, -0.05) is 0 Å². The second-order valence-electron chi connectivity index (χ2n) is 5.62. The molecule has 0 aromatic rings. The van der Waals surface area contributed by atoms with Gasteiger partial charge in [0.2, 0.25) is 5.79 Å². The highest BCUT2D eigenvalue weighted by molar-refractivity contribution is 6.69. The molecular formula is C14H25NO4Si. The SMILES string of the molecule is CCOC1=CO[C@](OCC)([C@H](C#N)O[Si](C)(C)C)CC1. The molecule has 1 heterocycles. The molecule has 0 saturated carbocycles. The minimum Gasteiger partial charge on any atom is -0.495 e. The molecule has 1 aliphatic heterocycles. The molecule has 0 aromatic carbocycles. The fraction of sp³-hybridized carbons (Fsp3) is 0.786. The van der Waals surface area contributed by atoms with Crippen LogP contribution < -0.4 is 0 Å². The molecular weight excluding hydrogens is 274 g/mol. The minimum absolute atomic E-state index is 0.463. The Morgan fingerprint density at radius 3 is 2.50 bits per heavy atom. The first-order valence-electron chi connectivity index (χ1n) is 7.08. The number of rotatable bonds is 7. The third kappa shape index (κ3) is 4.51. The van der Waals surface area contributed by atoms with Crippen molar-refractivity contribution in [3.8, 4) is 6.07 Å². The molecule has 0 N–H and O–H groups in total. The van der Waals surface area contributed by atoms with Crippen LogP contribution in [0.25, 0.3) is 0 Å². The van der Waals surface area contributed by atoms with Crippen LogP contribution in [0.1, 0.15) is 26.7 Å². The standard InChI is InChI=1S/C14H25NO4Si/c1-6-16-12-8-9-14(17-7-2,18-11-12)13(10-15)19-20(3,4)5/h11,13H,6-9H2,1-5H3/t13-,14-/m0/s1. The predicted molar refractivity (Wildman–Crippen MR) is 78.2 cm³/mol. The van der Waals surface area contributed by atoms with Gasteiger partial charge in [-0.25, -0.2) is 0 Å². The smallest absolute Gasteiger partial charge is 0.249 e. The first-order chi connectivity index (χ1) is 9.37. The lowest BCUT2D eigenvalue weighted by Crippen LogP contribution is -2.52. The second-order valence-corrected chi connectivity index (χ2v) is 10.1. The normalized spacial score (nSPS) is 24.3. The van der Waals surface area contributed by atoms with Crippen LogP contribution in [0, 0.1) is 11.3 Å². The van der Waals surface area contributed by atoms with E-state index in [1.807, 2.05) is 33.5 Å². The van der Waals surface area contributed by atoms with Crippen molar-refractivity contribution >= 4 is 8.32 Å². The summed E-state index contributed by atoms with van der Waals surface area (Å²) in [6.07, 6.45) is 2.06. The van der Waals surface area contributed by atoms with Crippen LogP contribution in [0.5, 0.6) is 0 Å². The first kappa shape index (κ1) is 17.0. The molecule has 6 heteroatoms. The Balaban J connectivity index is 2.90. The molecule has 1 aliphatic rings. The van der Waals surface area contributed by atoms with Crippen molar-refractivity contribution < 1.29 is 18.6 Å². The Bertz CT molecular complexity index is 386. The zero-order valence-electron chi connectivity index (χ0n) is 13.1. The van der Waals surface area contributed by atoms with Gasteiger partial charge >= 0.3 is 0 Å². The van der Waals surface area contributed by atoms with Crippen LogP contribution in [0.4, 0.5) is 0 Å². The van der Waals surface area contributed by atoms with E-state index in [1.165, 1.54) is 0 Å². The molecule has 114 valence electrons. The molecule has 20 heavy (non-hydrogen) atoms. The van der Waals surface area contributed by atoms with E-state index in [1.54, 1.807) is 6.26 Å². The van der Waals surface area contributed by atoms with Crippen LogP contribution in [0.15, 0.2) is 12.0 Å². The van der Waals surface area contributed by atoms with Crippen molar-refractivity contribution in [2.75, 3.05) is 13.2 Å². The average Bonchev–Trinajstić information content (AvgIpc) is 2.38. The lowest BCUT2D eigenvalue weighted by Gasteiger charge is -2.40. The van der Waals surface area contributed by atoms with Crippen molar-refractivity contribution in [3.63, 3.8) is 0 Å². The van der Waals surface area contributed by atoms with E-state index in [0.717, 1.165) is 5.76 Å². The van der Waals surface area contributed by atoms with Crippen LogP contribution in [-0.4, -0.2) is 33.4 Å². The van der Waals surface area contributed by atoms with Crippen molar-refractivity contribution in [2.24, 2.45) is 0 Å². The molecule has 0 unspecified atom stereocenters. The van der Waals surface area contributed by atoms with Gasteiger partial charge in [-0.2, -0.15) is 5.26 Å². The first-order valence-corrected chi connectivity index (χ1v) is 10.5. The van der Waals surface area contributed by atoms with Crippen LogP contribution in [0.3, 0.4) is 0 Å². The summed E-state index contributed by atoms with van der Waals surface area (Å²) < 4.78 is 22.9. The lowest BCUT2D eigenvalue weighted by molar-refractivity contribution is -0.251. The summed E-state index contributed by atoms with van der Waals surface area (Å²) in [6, 6.07) is 2.19. The number of hydrogen-bond donors (Lipinski definition) is 0. The summed E-state index contributed by atoms with van der Waals surface area (Å²) in [5.41, 5.74) is 0. The maximum absolute atomic E-state index is 9.44. The van der Waals surface area contributed by atoms with Gasteiger partial charge in [0.25, 0.3) is 0 Å². The topological polar surface area (TPSA) is 60.7 Å². The zero-order valence-corrected chi connectivity index (χ0v) is 14.1. The molecule has 0 aromatic heterocycles. The maximum atomic E-state index is 9.44. The molecule has 0 aliphatic carbocycles. The third-order valence-electron chi connectivity index (χ3n) is 2.82. The van der Waals surface area contributed by atoms with E-state index in [0.29, 0.717) is 26.1 Å². The highest BCUT2D eigenvalue weighted by Gasteiger charge is 2.46. The fourth-order valence-electron chi connectivity index (χ4n) is 2.06. The highest BCUT2D eigenvalue weighted by atomic mass is 28.4. The molecule has 0 radical (unpaired) electrons. The van der Waals surface area contributed by atoms with Gasteiger partial charge in [-0.15, -0.1) is 0 Å². The summed E-state index contributed by atoms with van der Waals surface area (Å²) in [5, 5.41) is 9.44. The van der Waals surface area contributed by atoms with Crippen molar-refractivity contribution in [2.45, 2.75) is 58.2 Å². The largest absolute Gasteiger partial charge is 0.495 e. The van der Waals surface area contributed by atoms with E-state index in [2.05, 4.69) is 6.07 Å². The van der Waals surface area contributed by atoms with Gasteiger partial charge in [0, 0.05) is 19.4 Å². The Morgan fingerprint density at radius 1 is 1.40 bits per heavy atom. The Morgan fingerprint density at radius 2 is 2.10 bits per heavy atom. The predicted octanol–water partition coefficient (Wildman–Crippen LogP) is 3.15. The van der Waals surface area contributed by atoms with E-state index < -0.39 is 20.2 Å². The van der Waals surface area contributed by atoms with E-state index in [-0.39, 0.29) is 0 Å². The molecule has 0 saturated heterocycles. The van der Waals surface area contributed by atoms with E-state index >= 15 is 0 Å². The summed E-state index contributed by atoms with van der Waals surface area (Å²) >= 11 is 0. The lowest BCUT2D eigenvalue weighted by atomic mass is 10.0. The van der Waals surface area contributed by atoms with Gasteiger partial charge in [0.15, 0.2) is 14.4 Å². The minimum atomic E-state index is -1.87. The molecule has 0 amide bonds. The molecule has 0 bridgehead atoms. The Kier molecular flexibility index (Phi) is 6.05. The Hall–Kier alpha value is -1.03. The number of nitriles is 1. The van der Waals surface area contributed by atoms with Crippen LogP contribution in [-0.2, 0) is 18.6 Å². The van der Waals surface area contributed by atoms with E-state index in [4.69, 9.17) is 18.6 Å². The van der Waals surface area contributed by atoms with Gasteiger partial charge in [0.1, 0.15) is 18.1 Å². The summed E-state index contributed by atoms with van der Waals surface area (Å²) in [7, 11) is -1.87. The fourth-order valence-corrected chi connectivity index (χ4v) is 3.00. The second kappa shape index (κ2) is 7.11. The van der Waals surface area contributed by atoms with Crippen LogP contribution >= 0.6 is 0 Å². The van der Waals surface area contributed by atoms with Crippen LogP contribution in [0.2, 0.25) is 19.6 Å². The number of allylic oxidation sites excluding steroid dienone is 1. The van der Waals surface area contributed by atoms with E-state index in [9.17, 15) is 5.26 Å². The van der Waals surface area contributed by atoms with Crippen molar-refractivity contribution in [1.29, 1.82) is 5.26 Å². The summed E-state index contributed by atoms with van der Waals surface area (Å²) in [4.78, 5) is 0. The Labute approximate surface area is 122 Å². The number of ether oxygens (including phenoxy) is 3. The molecule has 2 atom stereocenters. The van der Waals surface area contributed by atoms with Gasteiger partial charge < -0.3 is 18.6 Å². The summed E-state index contributed by atoms with van der Waals surface area (Å²) in [5.74, 6) is -0.239. The maximum Gasteiger partial charge on any atom is 0.249 e. The zero-order chi connectivity index (χ0) is 15.2. The molecule has 5 nitrogen and oxygen atoms in total. The highest BCUT2D eigenvalue weighted by Crippen LogP contribution is 2.34. The summed E-state index contributed by atoms with van der Waals surface area (Å²) in [6.45, 7) is 11.0. The average molecular weight is 299 g/mol.